The van der Waals surface area contributed by atoms with E-state index in [1.807, 2.05) is 13.8 Å². The van der Waals surface area contributed by atoms with Crippen molar-refractivity contribution in [2.45, 2.75) is 52.5 Å². The van der Waals surface area contributed by atoms with E-state index in [0.29, 0.717) is 6.54 Å². The highest BCUT2D eigenvalue weighted by atomic mass is 16.1. The first-order valence-corrected chi connectivity index (χ1v) is 6.54. The first kappa shape index (κ1) is 13.5. The number of hydrogen-bond acceptors (Lipinski definition) is 2. The van der Waals surface area contributed by atoms with Crippen LogP contribution in [0.1, 0.15) is 46.5 Å². The van der Waals surface area contributed by atoms with Crippen molar-refractivity contribution < 1.29 is 4.79 Å². The quantitative estimate of drug-likeness (QED) is 0.697. The maximum absolute atomic E-state index is 11.3. The number of rotatable bonds is 7. The Labute approximate surface area is 99.2 Å². The van der Waals surface area contributed by atoms with E-state index in [0.717, 1.165) is 18.3 Å². The van der Waals surface area contributed by atoms with E-state index in [2.05, 4.69) is 12.2 Å². The van der Waals surface area contributed by atoms with Gasteiger partial charge >= 0.3 is 0 Å². The fourth-order valence-electron chi connectivity index (χ4n) is 1.92. The Balaban J connectivity index is 2.05. The smallest absolute Gasteiger partial charge is 0.222 e. The topological polar surface area (TPSA) is 55.1 Å². The number of carbonyl (C=O) groups excluding carboxylic acids is 1. The number of hydrogen-bond donors (Lipinski definition) is 2. The van der Waals surface area contributed by atoms with Gasteiger partial charge < -0.3 is 11.1 Å². The molecule has 16 heavy (non-hydrogen) atoms. The van der Waals surface area contributed by atoms with Crippen LogP contribution in [0.4, 0.5) is 0 Å². The number of nitrogens with one attached hydrogen (secondary N) is 1. The van der Waals surface area contributed by atoms with Gasteiger partial charge in [-0.25, -0.2) is 0 Å². The van der Waals surface area contributed by atoms with Crippen LogP contribution in [0.3, 0.4) is 0 Å². The lowest BCUT2D eigenvalue weighted by Crippen LogP contribution is -2.39. The third-order valence-electron chi connectivity index (χ3n) is 3.48. The fraction of sp³-hybridized carbons (Fsp3) is 0.923. The zero-order valence-electron chi connectivity index (χ0n) is 10.8. The second-order valence-electron chi connectivity index (χ2n) is 5.55. The average Bonchev–Trinajstić information content (AvgIpc) is 3.05. The largest absolute Gasteiger partial charge is 0.354 e. The molecule has 0 saturated heterocycles. The predicted molar refractivity (Wildman–Crippen MR) is 66.9 cm³/mol. The summed E-state index contributed by atoms with van der Waals surface area (Å²) in [6, 6.07) is 0.115. The van der Waals surface area contributed by atoms with Gasteiger partial charge in [-0.2, -0.15) is 0 Å². The van der Waals surface area contributed by atoms with Crippen LogP contribution in [-0.4, -0.2) is 18.5 Å². The normalized spacial score (nSPS) is 19.6. The molecular formula is C13H26N2O. The van der Waals surface area contributed by atoms with Crippen molar-refractivity contribution in [2.75, 3.05) is 6.54 Å². The molecule has 2 atom stereocenters. The molecule has 0 aromatic rings. The summed E-state index contributed by atoms with van der Waals surface area (Å²) in [6.07, 6.45) is 5.03. The first-order valence-electron chi connectivity index (χ1n) is 6.54. The molecule has 1 rings (SSSR count). The summed E-state index contributed by atoms with van der Waals surface area (Å²) < 4.78 is 0. The summed E-state index contributed by atoms with van der Waals surface area (Å²) in [4.78, 5) is 11.3. The van der Waals surface area contributed by atoms with Crippen molar-refractivity contribution in [2.24, 2.45) is 23.5 Å². The molecule has 1 unspecified atom stereocenters. The molecule has 94 valence electrons. The standard InChI is InChI=1S/C13H26N2O/c1-9(2)13(16)15-8-12(14)7-4-10(3)11-5-6-11/h9-12H,4-8,14H2,1-3H3,(H,15,16)/t10?,12-/m0/s1. The molecular weight excluding hydrogens is 200 g/mol. The minimum absolute atomic E-state index is 0.0533. The van der Waals surface area contributed by atoms with Crippen molar-refractivity contribution >= 4 is 5.91 Å². The van der Waals surface area contributed by atoms with Crippen LogP contribution >= 0.6 is 0 Å². The zero-order chi connectivity index (χ0) is 12.1. The van der Waals surface area contributed by atoms with Crippen molar-refractivity contribution in [3.63, 3.8) is 0 Å². The fourth-order valence-corrected chi connectivity index (χ4v) is 1.92. The van der Waals surface area contributed by atoms with E-state index in [4.69, 9.17) is 5.73 Å². The molecule has 1 aliphatic rings. The second-order valence-corrected chi connectivity index (χ2v) is 5.55. The summed E-state index contributed by atoms with van der Waals surface area (Å²) in [5, 5.41) is 2.89. The third kappa shape index (κ3) is 4.97. The summed E-state index contributed by atoms with van der Waals surface area (Å²) in [7, 11) is 0. The molecule has 3 heteroatoms. The van der Waals surface area contributed by atoms with E-state index < -0.39 is 0 Å². The number of nitrogens with two attached hydrogens (primary N) is 1. The molecule has 0 aliphatic heterocycles. The molecule has 0 radical (unpaired) electrons. The Bertz CT molecular complexity index is 224. The zero-order valence-corrected chi connectivity index (χ0v) is 10.8. The van der Waals surface area contributed by atoms with Crippen LogP contribution in [0.2, 0.25) is 0 Å². The lowest BCUT2D eigenvalue weighted by Gasteiger charge is -2.16. The maximum atomic E-state index is 11.3. The molecule has 0 aromatic carbocycles. The summed E-state index contributed by atoms with van der Waals surface area (Å²) >= 11 is 0. The third-order valence-corrected chi connectivity index (χ3v) is 3.48. The highest BCUT2D eigenvalue weighted by molar-refractivity contribution is 5.77. The highest BCUT2D eigenvalue weighted by Gasteiger charge is 2.27. The van der Waals surface area contributed by atoms with Gasteiger partial charge in [0.15, 0.2) is 0 Å². The van der Waals surface area contributed by atoms with Crippen LogP contribution in [0.25, 0.3) is 0 Å². The van der Waals surface area contributed by atoms with Crippen LogP contribution < -0.4 is 11.1 Å². The molecule has 0 spiro atoms. The highest BCUT2D eigenvalue weighted by Crippen LogP contribution is 2.38. The van der Waals surface area contributed by atoms with E-state index in [9.17, 15) is 4.79 Å². The van der Waals surface area contributed by atoms with Crippen LogP contribution in [0.15, 0.2) is 0 Å². The van der Waals surface area contributed by atoms with E-state index >= 15 is 0 Å². The van der Waals surface area contributed by atoms with Gasteiger partial charge in [-0.15, -0.1) is 0 Å². The molecule has 0 heterocycles. The van der Waals surface area contributed by atoms with E-state index in [1.54, 1.807) is 0 Å². The molecule has 3 N–H and O–H groups in total. The molecule has 1 fully saturated rings. The van der Waals surface area contributed by atoms with Gasteiger partial charge in [0.25, 0.3) is 0 Å². The summed E-state index contributed by atoms with van der Waals surface area (Å²) in [5.74, 6) is 1.92. The van der Waals surface area contributed by atoms with Gasteiger partial charge in [-0.05, 0) is 37.5 Å². The van der Waals surface area contributed by atoms with Crippen LogP contribution in [-0.2, 0) is 4.79 Å². The molecule has 0 bridgehead atoms. The number of carbonyl (C=O) groups is 1. The Hall–Kier alpha value is -0.570. The maximum Gasteiger partial charge on any atom is 0.222 e. The minimum atomic E-state index is 0.0533. The van der Waals surface area contributed by atoms with Crippen molar-refractivity contribution in [3.05, 3.63) is 0 Å². The Morgan fingerprint density at radius 2 is 1.94 bits per heavy atom. The van der Waals surface area contributed by atoms with Gasteiger partial charge in [0.1, 0.15) is 0 Å². The molecule has 1 aliphatic carbocycles. The molecule has 0 aromatic heterocycles. The number of amides is 1. The predicted octanol–water partition coefficient (Wildman–Crippen LogP) is 1.91. The Morgan fingerprint density at radius 1 is 1.31 bits per heavy atom. The average molecular weight is 226 g/mol. The summed E-state index contributed by atoms with van der Waals surface area (Å²) in [5.41, 5.74) is 5.98. The minimum Gasteiger partial charge on any atom is -0.354 e. The van der Waals surface area contributed by atoms with Gasteiger partial charge in [-0.3, -0.25) is 4.79 Å². The Morgan fingerprint density at radius 3 is 2.44 bits per heavy atom. The second kappa shape index (κ2) is 6.24. The van der Waals surface area contributed by atoms with Crippen molar-refractivity contribution in [3.8, 4) is 0 Å². The SMILES string of the molecule is CC(C)C(=O)NC[C@@H](N)CCC(C)C1CC1. The van der Waals surface area contributed by atoms with E-state index in [-0.39, 0.29) is 17.9 Å². The van der Waals surface area contributed by atoms with Crippen LogP contribution in [0, 0.1) is 17.8 Å². The molecule has 3 nitrogen and oxygen atoms in total. The van der Waals surface area contributed by atoms with Crippen molar-refractivity contribution in [1.29, 1.82) is 0 Å². The lowest BCUT2D eigenvalue weighted by atomic mass is 9.97. The van der Waals surface area contributed by atoms with Crippen LogP contribution in [0.5, 0.6) is 0 Å². The first-order chi connectivity index (χ1) is 7.50. The molecule has 1 saturated carbocycles. The van der Waals surface area contributed by atoms with Gasteiger partial charge in [-0.1, -0.05) is 20.8 Å². The lowest BCUT2D eigenvalue weighted by molar-refractivity contribution is -0.124. The Kier molecular flexibility index (Phi) is 5.26. The van der Waals surface area contributed by atoms with Gasteiger partial charge in [0.05, 0.1) is 0 Å². The van der Waals surface area contributed by atoms with Gasteiger partial charge in [0.2, 0.25) is 5.91 Å². The molecule has 1 amide bonds. The monoisotopic (exact) mass is 226 g/mol. The summed E-state index contributed by atoms with van der Waals surface area (Å²) in [6.45, 7) is 6.73. The van der Waals surface area contributed by atoms with Gasteiger partial charge in [0, 0.05) is 18.5 Å². The van der Waals surface area contributed by atoms with E-state index in [1.165, 1.54) is 19.3 Å². The van der Waals surface area contributed by atoms with Crippen molar-refractivity contribution in [1.82, 2.24) is 5.32 Å².